The van der Waals surface area contributed by atoms with Crippen LogP contribution in [0.1, 0.15) is 61.0 Å². The van der Waals surface area contributed by atoms with E-state index in [9.17, 15) is 4.79 Å². The van der Waals surface area contributed by atoms with Crippen molar-refractivity contribution in [3.8, 4) is 0 Å². The van der Waals surface area contributed by atoms with Gasteiger partial charge in [0.05, 0.1) is 0 Å². The Bertz CT molecular complexity index is 790. The van der Waals surface area contributed by atoms with Gasteiger partial charge in [0.25, 0.3) is 5.91 Å². The van der Waals surface area contributed by atoms with E-state index in [2.05, 4.69) is 60.0 Å². The maximum absolute atomic E-state index is 13.1. The van der Waals surface area contributed by atoms with Gasteiger partial charge in [0.2, 0.25) is 0 Å². The highest BCUT2D eigenvalue weighted by Crippen LogP contribution is 2.28. The van der Waals surface area contributed by atoms with Gasteiger partial charge in [0, 0.05) is 36.4 Å². The number of rotatable bonds is 4. The molecule has 3 heteroatoms. The van der Waals surface area contributed by atoms with E-state index in [1.165, 1.54) is 29.7 Å². The number of nitrogens with zero attached hydrogens (tertiary/aromatic N) is 2. The average molecular weight is 363 g/mol. The van der Waals surface area contributed by atoms with E-state index in [0.29, 0.717) is 6.04 Å². The van der Waals surface area contributed by atoms with Crippen molar-refractivity contribution in [2.75, 3.05) is 11.4 Å². The van der Waals surface area contributed by atoms with Crippen molar-refractivity contribution in [1.29, 1.82) is 0 Å². The molecule has 2 aromatic carbocycles. The molecule has 0 N–H and O–H groups in total. The summed E-state index contributed by atoms with van der Waals surface area (Å²) in [5.41, 5.74) is 4.90. The van der Waals surface area contributed by atoms with Crippen LogP contribution in [0.3, 0.4) is 0 Å². The number of anilines is 1. The van der Waals surface area contributed by atoms with Crippen molar-refractivity contribution in [3.63, 3.8) is 0 Å². The second-order valence-electron chi connectivity index (χ2n) is 8.23. The number of benzene rings is 2. The van der Waals surface area contributed by atoms with E-state index < -0.39 is 0 Å². The molecule has 3 nitrogen and oxygen atoms in total. The molecule has 1 aliphatic carbocycles. The van der Waals surface area contributed by atoms with Gasteiger partial charge in [-0.15, -0.1) is 0 Å². The lowest BCUT2D eigenvalue weighted by Crippen LogP contribution is -2.43. The van der Waals surface area contributed by atoms with Crippen LogP contribution < -0.4 is 4.90 Å². The predicted molar refractivity (Wildman–Crippen MR) is 111 cm³/mol. The lowest BCUT2D eigenvalue weighted by molar-refractivity contribution is 0.0613. The first kappa shape index (κ1) is 18.1. The molecule has 0 atom stereocenters. The van der Waals surface area contributed by atoms with Crippen LogP contribution in [-0.2, 0) is 13.0 Å². The molecule has 1 amide bonds. The molecular weight excluding hydrogens is 332 g/mol. The fourth-order valence-corrected chi connectivity index (χ4v) is 4.68. The van der Waals surface area contributed by atoms with E-state index in [1.54, 1.807) is 0 Å². The van der Waals surface area contributed by atoms with Gasteiger partial charge < -0.3 is 9.80 Å². The maximum atomic E-state index is 13.1. The van der Waals surface area contributed by atoms with Crippen LogP contribution >= 0.6 is 0 Å². The minimum Gasteiger partial charge on any atom is -0.367 e. The zero-order valence-electron chi connectivity index (χ0n) is 16.5. The summed E-state index contributed by atoms with van der Waals surface area (Å²) >= 11 is 0. The van der Waals surface area contributed by atoms with E-state index >= 15 is 0 Å². The summed E-state index contributed by atoms with van der Waals surface area (Å²) < 4.78 is 0. The zero-order valence-corrected chi connectivity index (χ0v) is 16.5. The Morgan fingerprint density at radius 1 is 1.00 bits per heavy atom. The fraction of sp³-hybridized carbons (Fsp3) is 0.458. The van der Waals surface area contributed by atoms with E-state index in [4.69, 9.17) is 0 Å². The van der Waals surface area contributed by atoms with Crippen molar-refractivity contribution in [1.82, 2.24) is 4.90 Å². The number of carbonyl (C=O) groups excluding carboxylic acids is 1. The monoisotopic (exact) mass is 362 g/mol. The van der Waals surface area contributed by atoms with Gasteiger partial charge >= 0.3 is 0 Å². The molecule has 2 aliphatic rings. The molecule has 1 aliphatic heterocycles. The lowest BCUT2D eigenvalue weighted by atomic mass is 9.99. The minimum absolute atomic E-state index is 0.187. The van der Waals surface area contributed by atoms with Gasteiger partial charge in [-0.2, -0.15) is 0 Å². The van der Waals surface area contributed by atoms with Crippen LogP contribution in [0.2, 0.25) is 0 Å². The first-order valence-electron chi connectivity index (χ1n) is 10.4. The molecule has 1 fully saturated rings. The predicted octanol–water partition coefficient (Wildman–Crippen LogP) is 5.04. The average Bonchev–Trinajstić information content (AvgIpc) is 3.21. The molecule has 4 rings (SSSR count). The Morgan fingerprint density at radius 2 is 1.67 bits per heavy atom. The summed E-state index contributed by atoms with van der Waals surface area (Å²) in [5, 5.41) is 0. The molecule has 1 heterocycles. The normalized spacial score (nSPS) is 17.2. The topological polar surface area (TPSA) is 23.6 Å². The van der Waals surface area contributed by atoms with Crippen LogP contribution in [0.25, 0.3) is 0 Å². The lowest BCUT2D eigenvalue weighted by Gasteiger charge is -2.33. The van der Waals surface area contributed by atoms with Crippen molar-refractivity contribution >= 4 is 11.6 Å². The fourth-order valence-electron chi connectivity index (χ4n) is 4.68. The van der Waals surface area contributed by atoms with Gasteiger partial charge in [-0.25, -0.2) is 0 Å². The summed E-state index contributed by atoms with van der Waals surface area (Å²) in [4.78, 5) is 17.7. The summed E-state index contributed by atoms with van der Waals surface area (Å²) in [5.74, 6) is 0.187. The molecule has 0 radical (unpaired) electrons. The first-order chi connectivity index (χ1) is 13.1. The Balaban J connectivity index is 1.49. The summed E-state index contributed by atoms with van der Waals surface area (Å²) in [7, 11) is 0. The standard InChI is InChI=1S/C24H30N2O/c1-18(2)26(23-9-5-6-10-23)24(27)20-11-13-22(14-12-20)25-16-15-19-7-3-4-8-21(19)17-25/h3-4,7-8,11-14,18,23H,5-6,9-10,15-17H2,1-2H3. The van der Waals surface area contributed by atoms with Crippen LogP contribution in [-0.4, -0.2) is 29.4 Å². The highest BCUT2D eigenvalue weighted by atomic mass is 16.2. The highest BCUT2D eigenvalue weighted by molar-refractivity contribution is 5.95. The second kappa shape index (κ2) is 7.75. The van der Waals surface area contributed by atoms with Crippen molar-refractivity contribution in [3.05, 3.63) is 65.2 Å². The number of hydrogen-bond donors (Lipinski definition) is 0. The minimum atomic E-state index is 0.187. The molecule has 0 bridgehead atoms. The number of hydrogen-bond acceptors (Lipinski definition) is 2. The molecule has 142 valence electrons. The highest BCUT2D eigenvalue weighted by Gasteiger charge is 2.29. The van der Waals surface area contributed by atoms with Crippen LogP contribution in [0.5, 0.6) is 0 Å². The summed E-state index contributed by atoms with van der Waals surface area (Å²) in [6.07, 6.45) is 5.87. The van der Waals surface area contributed by atoms with Gasteiger partial charge in [0.1, 0.15) is 0 Å². The molecule has 0 saturated heterocycles. The Labute approximate surface area is 163 Å². The zero-order chi connectivity index (χ0) is 18.8. The van der Waals surface area contributed by atoms with Gasteiger partial charge in [0.15, 0.2) is 0 Å². The van der Waals surface area contributed by atoms with Gasteiger partial charge in [-0.05, 0) is 68.5 Å². The third-order valence-electron chi connectivity index (χ3n) is 6.12. The summed E-state index contributed by atoms with van der Waals surface area (Å²) in [6, 6.07) is 17.6. The molecule has 0 aromatic heterocycles. The van der Waals surface area contributed by atoms with E-state index in [1.807, 2.05) is 12.1 Å². The third kappa shape index (κ3) is 3.73. The molecule has 0 spiro atoms. The van der Waals surface area contributed by atoms with Crippen molar-refractivity contribution in [2.45, 2.75) is 64.6 Å². The number of carbonyl (C=O) groups is 1. The molecule has 1 saturated carbocycles. The van der Waals surface area contributed by atoms with Crippen molar-refractivity contribution in [2.24, 2.45) is 0 Å². The van der Waals surface area contributed by atoms with Crippen LogP contribution in [0.15, 0.2) is 48.5 Å². The largest absolute Gasteiger partial charge is 0.367 e. The molecule has 0 unspecified atom stereocenters. The van der Waals surface area contributed by atoms with Gasteiger partial charge in [-0.3, -0.25) is 4.79 Å². The molecule has 2 aromatic rings. The maximum Gasteiger partial charge on any atom is 0.254 e. The summed E-state index contributed by atoms with van der Waals surface area (Å²) in [6.45, 7) is 6.25. The van der Waals surface area contributed by atoms with Crippen LogP contribution in [0, 0.1) is 0 Å². The smallest absolute Gasteiger partial charge is 0.254 e. The SMILES string of the molecule is CC(C)N(C(=O)c1ccc(N2CCc3ccccc3C2)cc1)C1CCCC1. The molecular formula is C24H30N2O. The Morgan fingerprint density at radius 3 is 2.33 bits per heavy atom. The quantitative estimate of drug-likeness (QED) is 0.760. The Hall–Kier alpha value is -2.29. The van der Waals surface area contributed by atoms with Gasteiger partial charge in [-0.1, -0.05) is 37.1 Å². The van der Waals surface area contributed by atoms with Crippen molar-refractivity contribution < 1.29 is 4.79 Å². The molecule has 27 heavy (non-hydrogen) atoms. The number of amides is 1. The Kier molecular flexibility index (Phi) is 5.20. The first-order valence-corrected chi connectivity index (χ1v) is 10.4. The van der Waals surface area contributed by atoms with Crippen LogP contribution in [0.4, 0.5) is 5.69 Å². The third-order valence-corrected chi connectivity index (χ3v) is 6.12. The van der Waals surface area contributed by atoms with E-state index in [-0.39, 0.29) is 11.9 Å². The second-order valence-corrected chi connectivity index (χ2v) is 8.23. The number of fused-ring (bicyclic) bond motifs is 1. The van der Waals surface area contributed by atoms with E-state index in [0.717, 1.165) is 37.9 Å².